The van der Waals surface area contributed by atoms with Crippen molar-refractivity contribution in [2.75, 3.05) is 26.8 Å². The lowest BCUT2D eigenvalue weighted by atomic mass is 10.1. The van der Waals surface area contributed by atoms with Gasteiger partial charge in [0.05, 0.1) is 13.2 Å². The number of aliphatic carboxylic acids is 1. The van der Waals surface area contributed by atoms with E-state index in [4.69, 9.17) is 9.84 Å². The number of hydrogen-bond acceptors (Lipinski definition) is 3. The number of nitrogens with zero attached hydrogens (tertiary/aromatic N) is 1. The molecule has 0 aromatic heterocycles. The van der Waals surface area contributed by atoms with Crippen molar-refractivity contribution in [3.8, 4) is 0 Å². The number of hydrogen-bond donors (Lipinski definition) is 1. The predicted molar refractivity (Wildman–Crippen MR) is 73.3 cm³/mol. The Bertz CT molecular complexity index is 445. The monoisotopic (exact) mass is 263 g/mol. The van der Waals surface area contributed by atoms with E-state index in [9.17, 15) is 4.79 Å². The van der Waals surface area contributed by atoms with Gasteiger partial charge in [-0.3, -0.25) is 9.69 Å². The Hall–Kier alpha value is -1.39. The van der Waals surface area contributed by atoms with Crippen molar-refractivity contribution in [2.45, 2.75) is 25.8 Å². The van der Waals surface area contributed by atoms with E-state index < -0.39 is 5.97 Å². The molecule has 0 spiro atoms. The molecule has 104 valence electrons. The Morgan fingerprint density at radius 3 is 2.89 bits per heavy atom. The van der Waals surface area contributed by atoms with Crippen LogP contribution in [0.15, 0.2) is 18.2 Å². The van der Waals surface area contributed by atoms with Gasteiger partial charge in [0.25, 0.3) is 0 Å². The zero-order valence-corrected chi connectivity index (χ0v) is 11.4. The van der Waals surface area contributed by atoms with E-state index >= 15 is 0 Å². The number of rotatable bonds is 7. The van der Waals surface area contributed by atoms with Crippen LogP contribution in [0.25, 0.3) is 0 Å². The summed E-state index contributed by atoms with van der Waals surface area (Å²) in [6.45, 7) is 1.92. The van der Waals surface area contributed by atoms with E-state index in [2.05, 4.69) is 18.2 Å². The van der Waals surface area contributed by atoms with E-state index in [0.717, 1.165) is 6.42 Å². The highest BCUT2D eigenvalue weighted by molar-refractivity contribution is 5.69. The highest BCUT2D eigenvalue weighted by atomic mass is 16.5. The first-order valence-corrected chi connectivity index (χ1v) is 6.73. The lowest BCUT2D eigenvalue weighted by molar-refractivity contribution is -0.138. The smallest absolute Gasteiger partial charge is 0.317 e. The van der Waals surface area contributed by atoms with Gasteiger partial charge >= 0.3 is 5.97 Å². The largest absolute Gasteiger partial charge is 0.480 e. The highest BCUT2D eigenvalue weighted by Crippen LogP contribution is 2.23. The Balaban J connectivity index is 2.01. The van der Waals surface area contributed by atoms with Gasteiger partial charge in [0.2, 0.25) is 0 Å². The van der Waals surface area contributed by atoms with Gasteiger partial charge < -0.3 is 9.84 Å². The molecule has 1 aromatic carbocycles. The first kappa shape index (κ1) is 14.0. The molecule has 0 saturated carbocycles. The molecule has 19 heavy (non-hydrogen) atoms. The molecule has 0 bridgehead atoms. The minimum Gasteiger partial charge on any atom is -0.480 e. The molecule has 0 fully saturated rings. The quantitative estimate of drug-likeness (QED) is 0.813. The molecule has 0 radical (unpaired) electrons. The van der Waals surface area contributed by atoms with Crippen molar-refractivity contribution in [2.24, 2.45) is 0 Å². The number of methoxy groups -OCH3 is 1. The third kappa shape index (κ3) is 4.04. The Morgan fingerprint density at radius 1 is 1.37 bits per heavy atom. The Labute approximate surface area is 114 Å². The zero-order chi connectivity index (χ0) is 13.7. The molecule has 1 aliphatic rings. The predicted octanol–water partition coefficient (Wildman–Crippen LogP) is 1.71. The number of carbonyl (C=O) groups is 1. The van der Waals surface area contributed by atoms with Gasteiger partial charge in [-0.25, -0.2) is 0 Å². The molecule has 0 atom stereocenters. The molecule has 1 aromatic rings. The summed E-state index contributed by atoms with van der Waals surface area (Å²) < 4.78 is 5.03. The molecule has 0 amide bonds. The average Bonchev–Trinajstić information content (AvgIpc) is 2.82. The van der Waals surface area contributed by atoms with Crippen LogP contribution < -0.4 is 0 Å². The fourth-order valence-corrected chi connectivity index (χ4v) is 2.61. The second-order valence-corrected chi connectivity index (χ2v) is 5.05. The number of carboxylic acids is 1. The van der Waals surface area contributed by atoms with E-state index in [1.807, 2.05) is 4.90 Å². The summed E-state index contributed by atoms with van der Waals surface area (Å²) in [4.78, 5) is 12.8. The molecule has 0 unspecified atom stereocenters. The second kappa shape index (κ2) is 6.68. The molecule has 4 nitrogen and oxygen atoms in total. The molecule has 1 N–H and O–H groups in total. The van der Waals surface area contributed by atoms with Crippen molar-refractivity contribution in [3.63, 3.8) is 0 Å². The summed E-state index contributed by atoms with van der Waals surface area (Å²) in [7, 11) is 1.63. The van der Waals surface area contributed by atoms with Gasteiger partial charge in [0.1, 0.15) is 0 Å². The standard InChI is InChI=1S/C15H21NO3/c1-19-8-7-16(11-15(17)18)10-12-5-6-13-3-2-4-14(13)9-12/h5-6,9H,2-4,7-8,10-11H2,1H3,(H,17,18). The van der Waals surface area contributed by atoms with Crippen LogP contribution >= 0.6 is 0 Å². The maximum Gasteiger partial charge on any atom is 0.317 e. The summed E-state index contributed by atoms with van der Waals surface area (Å²) in [6.07, 6.45) is 3.57. The first-order valence-electron chi connectivity index (χ1n) is 6.73. The lowest BCUT2D eigenvalue weighted by Crippen LogP contribution is -2.32. The van der Waals surface area contributed by atoms with Crippen LogP contribution in [-0.4, -0.2) is 42.8 Å². The maximum absolute atomic E-state index is 10.9. The van der Waals surface area contributed by atoms with E-state index in [1.165, 1.54) is 29.5 Å². The van der Waals surface area contributed by atoms with Gasteiger partial charge in [-0.2, -0.15) is 0 Å². The molecule has 0 saturated heterocycles. The summed E-state index contributed by atoms with van der Waals surface area (Å²) in [5.74, 6) is -0.794. The van der Waals surface area contributed by atoms with Crippen LogP contribution in [0.1, 0.15) is 23.1 Å². The normalized spacial score (nSPS) is 13.8. The van der Waals surface area contributed by atoms with Crippen molar-refractivity contribution < 1.29 is 14.6 Å². The van der Waals surface area contributed by atoms with Crippen LogP contribution in [0.2, 0.25) is 0 Å². The molecule has 2 rings (SSSR count). The fraction of sp³-hybridized carbons (Fsp3) is 0.533. The number of aryl methyl sites for hydroxylation is 2. The SMILES string of the molecule is COCCN(CC(=O)O)Cc1ccc2c(c1)CCC2. The van der Waals surface area contributed by atoms with Crippen LogP contribution in [0.4, 0.5) is 0 Å². The third-order valence-corrected chi connectivity index (χ3v) is 3.54. The van der Waals surface area contributed by atoms with Crippen LogP contribution in [0.3, 0.4) is 0 Å². The van der Waals surface area contributed by atoms with Crippen molar-refractivity contribution in [1.82, 2.24) is 4.90 Å². The van der Waals surface area contributed by atoms with Crippen molar-refractivity contribution in [1.29, 1.82) is 0 Å². The Morgan fingerprint density at radius 2 is 2.16 bits per heavy atom. The molecule has 0 aliphatic heterocycles. The van der Waals surface area contributed by atoms with Crippen molar-refractivity contribution >= 4 is 5.97 Å². The minimum absolute atomic E-state index is 0.0560. The van der Waals surface area contributed by atoms with Crippen LogP contribution in [0.5, 0.6) is 0 Å². The van der Waals surface area contributed by atoms with Crippen molar-refractivity contribution in [3.05, 3.63) is 34.9 Å². The highest BCUT2D eigenvalue weighted by Gasteiger charge is 2.14. The number of fused-ring (bicyclic) bond motifs is 1. The third-order valence-electron chi connectivity index (χ3n) is 3.54. The summed E-state index contributed by atoms with van der Waals surface area (Å²) >= 11 is 0. The molecule has 4 heteroatoms. The molecule has 0 heterocycles. The number of benzene rings is 1. The number of ether oxygens (including phenoxy) is 1. The zero-order valence-electron chi connectivity index (χ0n) is 11.4. The first-order chi connectivity index (χ1) is 9.19. The average molecular weight is 263 g/mol. The second-order valence-electron chi connectivity index (χ2n) is 5.05. The maximum atomic E-state index is 10.9. The van der Waals surface area contributed by atoms with E-state index in [1.54, 1.807) is 7.11 Å². The summed E-state index contributed by atoms with van der Waals surface area (Å²) in [5.41, 5.74) is 4.07. The number of carboxylic acid groups (broad SMARTS) is 1. The van der Waals surface area contributed by atoms with Gasteiger partial charge in [-0.15, -0.1) is 0 Å². The molecular formula is C15H21NO3. The van der Waals surface area contributed by atoms with E-state index in [-0.39, 0.29) is 6.54 Å². The van der Waals surface area contributed by atoms with Crippen LogP contribution in [-0.2, 0) is 28.9 Å². The minimum atomic E-state index is -0.794. The Kier molecular flexibility index (Phi) is 4.93. The van der Waals surface area contributed by atoms with Crippen LogP contribution in [0, 0.1) is 0 Å². The summed E-state index contributed by atoms with van der Waals surface area (Å²) in [6, 6.07) is 6.53. The molecule has 1 aliphatic carbocycles. The molecular weight excluding hydrogens is 242 g/mol. The van der Waals surface area contributed by atoms with Gasteiger partial charge in [0, 0.05) is 20.2 Å². The summed E-state index contributed by atoms with van der Waals surface area (Å²) in [5, 5.41) is 8.93. The topological polar surface area (TPSA) is 49.8 Å². The fourth-order valence-electron chi connectivity index (χ4n) is 2.61. The van der Waals surface area contributed by atoms with Gasteiger partial charge in [0.15, 0.2) is 0 Å². The lowest BCUT2D eigenvalue weighted by Gasteiger charge is -2.20. The van der Waals surface area contributed by atoms with Gasteiger partial charge in [-0.1, -0.05) is 18.2 Å². The van der Waals surface area contributed by atoms with Gasteiger partial charge in [-0.05, 0) is 36.0 Å². The van der Waals surface area contributed by atoms with E-state index in [0.29, 0.717) is 19.7 Å².